The van der Waals surface area contributed by atoms with Crippen molar-refractivity contribution in [2.24, 2.45) is 0 Å². The Bertz CT molecular complexity index is 3920. The van der Waals surface area contributed by atoms with Gasteiger partial charge in [0.25, 0.3) is 0 Å². The van der Waals surface area contributed by atoms with Crippen molar-refractivity contribution < 1.29 is 4.42 Å². The van der Waals surface area contributed by atoms with Crippen LogP contribution in [-0.4, -0.2) is 9.97 Å². The van der Waals surface area contributed by atoms with Crippen molar-refractivity contribution >= 4 is 86.8 Å². The van der Waals surface area contributed by atoms with E-state index in [1.807, 2.05) is 6.07 Å². The molecular weight excluding hydrogens is 741 g/mol. The largest absolute Gasteiger partial charge is 0.455 e. The summed E-state index contributed by atoms with van der Waals surface area (Å²) in [6.45, 7) is 0. The summed E-state index contributed by atoms with van der Waals surface area (Å²) >= 11 is 0. The lowest BCUT2D eigenvalue weighted by atomic mass is 9.86. The maximum atomic E-state index is 6.52. The second-order valence-electron chi connectivity index (χ2n) is 16.0. The summed E-state index contributed by atoms with van der Waals surface area (Å²) < 4.78 is 6.52. The molecule has 0 atom stereocenters. The standard InChI is InChI=1S/C58H34N2O/c1-2-13-38-37(12-1)36(35-24-25-49-43-18-7-8-20-51(43)56-57(54(49)34-35)60-33-32-59-56)26-27-44(38)45-28-29-46(40-15-4-3-14-39(40)45)47-30-31-48(42-17-6-5-16-41(42)47)52-21-11-22-53-50-19-9-10-23-55(50)61-58(52)53/h1-34H. The topological polar surface area (TPSA) is 38.9 Å². The maximum Gasteiger partial charge on any atom is 0.143 e. The van der Waals surface area contributed by atoms with Crippen molar-refractivity contribution in [3.63, 3.8) is 0 Å². The highest BCUT2D eigenvalue weighted by Gasteiger charge is 2.19. The SMILES string of the molecule is c1ccc2c(c1)oc1c(-c3ccc(-c4ccc(-c5ccc(-c6ccc7c8ccccc8c8nccnc8c7c6)c6ccccc56)c5ccccc45)c4ccccc34)cccc12. The van der Waals surface area contributed by atoms with E-state index in [2.05, 4.69) is 188 Å². The van der Waals surface area contributed by atoms with Gasteiger partial charge in [0.05, 0.1) is 11.0 Å². The summed E-state index contributed by atoms with van der Waals surface area (Å²) in [5.74, 6) is 0. The lowest BCUT2D eigenvalue weighted by molar-refractivity contribution is 0.670. The molecule has 0 unspecified atom stereocenters. The molecule has 13 rings (SSSR count). The van der Waals surface area contributed by atoms with Crippen LogP contribution in [0.4, 0.5) is 0 Å². The molecule has 0 spiro atoms. The number of para-hydroxylation sites is 2. The minimum Gasteiger partial charge on any atom is -0.455 e. The van der Waals surface area contributed by atoms with E-state index in [1.54, 1.807) is 12.4 Å². The van der Waals surface area contributed by atoms with Crippen LogP contribution in [0.25, 0.3) is 131 Å². The maximum absolute atomic E-state index is 6.52. The first-order valence-corrected chi connectivity index (χ1v) is 20.8. The van der Waals surface area contributed by atoms with Gasteiger partial charge in [-0.2, -0.15) is 0 Å². The molecule has 0 aliphatic rings. The summed E-state index contributed by atoms with van der Waals surface area (Å²) in [6, 6.07) is 70.4. The number of nitrogens with zero attached hydrogens (tertiary/aromatic N) is 2. The minimum absolute atomic E-state index is 0.909. The van der Waals surface area contributed by atoms with Crippen molar-refractivity contribution in [1.82, 2.24) is 9.97 Å². The Morgan fingerprint density at radius 1 is 0.262 bits per heavy atom. The van der Waals surface area contributed by atoms with E-state index in [0.717, 1.165) is 60.4 Å². The summed E-state index contributed by atoms with van der Waals surface area (Å²) in [5, 5.41) is 14.2. The first kappa shape index (κ1) is 33.8. The minimum atomic E-state index is 0.909. The molecule has 0 saturated carbocycles. The van der Waals surface area contributed by atoms with Gasteiger partial charge in [-0.25, -0.2) is 0 Å². The fourth-order valence-electron chi connectivity index (χ4n) is 10.1. The van der Waals surface area contributed by atoms with Crippen LogP contribution in [0.2, 0.25) is 0 Å². The van der Waals surface area contributed by atoms with Crippen molar-refractivity contribution in [2.75, 3.05) is 0 Å². The molecule has 0 amide bonds. The number of furan rings is 1. The monoisotopic (exact) mass is 774 g/mol. The number of hydrogen-bond donors (Lipinski definition) is 0. The number of rotatable bonds is 4. The number of hydrogen-bond acceptors (Lipinski definition) is 3. The fraction of sp³-hybridized carbons (Fsp3) is 0. The van der Waals surface area contributed by atoms with Crippen LogP contribution in [0.3, 0.4) is 0 Å². The third-order valence-electron chi connectivity index (χ3n) is 12.8. The molecule has 0 N–H and O–H groups in total. The Morgan fingerprint density at radius 3 is 1.25 bits per heavy atom. The highest BCUT2D eigenvalue weighted by molar-refractivity contribution is 6.24. The Kier molecular flexibility index (Phi) is 7.31. The van der Waals surface area contributed by atoms with E-state index in [9.17, 15) is 0 Å². The molecule has 0 bridgehead atoms. The van der Waals surface area contributed by atoms with Gasteiger partial charge >= 0.3 is 0 Å². The predicted molar refractivity (Wildman–Crippen MR) is 256 cm³/mol. The molecule has 2 heterocycles. The Balaban J connectivity index is 0.965. The van der Waals surface area contributed by atoms with Gasteiger partial charge in [-0.3, -0.25) is 9.97 Å². The summed E-state index contributed by atoms with van der Waals surface area (Å²) in [6.07, 6.45) is 3.58. The van der Waals surface area contributed by atoms with Gasteiger partial charge in [-0.05, 0) is 94.2 Å². The smallest absolute Gasteiger partial charge is 0.143 e. The molecule has 3 heteroatoms. The van der Waals surface area contributed by atoms with Gasteiger partial charge in [-0.15, -0.1) is 0 Å². The van der Waals surface area contributed by atoms with Crippen molar-refractivity contribution in [1.29, 1.82) is 0 Å². The van der Waals surface area contributed by atoms with E-state index in [4.69, 9.17) is 14.4 Å². The Labute approximate surface area is 350 Å². The molecule has 2 aromatic heterocycles. The molecule has 3 nitrogen and oxygen atoms in total. The van der Waals surface area contributed by atoms with Crippen LogP contribution < -0.4 is 0 Å². The van der Waals surface area contributed by atoms with E-state index < -0.39 is 0 Å². The van der Waals surface area contributed by atoms with Gasteiger partial charge in [0.1, 0.15) is 11.2 Å². The molecular formula is C58H34N2O. The van der Waals surface area contributed by atoms with Crippen LogP contribution in [0.1, 0.15) is 0 Å². The van der Waals surface area contributed by atoms with Crippen LogP contribution in [-0.2, 0) is 0 Å². The first-order chi connectivity index (χ1) is 30.3. The van der Waals surface area contributed by atoms with Crippen LogP contribution in [0.15, 0.2) is 211 Å². The zero-order valence-electron chi connectivity index (χ0n) is 32.9. The quantitative estimate of drug-likeness (QED) is 0.167. The van der Waals surface area contributed by atoms with Crippen LogP contribution >= 0.6 is 0 Å². The lowest BCUT2D eigenvalue weighted by Crippen LogP contribution is -1.91. The molecule has 11 aromatic carbocycles. The van der Waals surface area contributed by atoms with Gasteiger partial charge < -0.3 is 4.42 Å². The number of aromatic nitrogens is 2. The molecule has 13 aromatic rings. The van der Waals surface area contributed by atoms with Crippen molar-refractivity contribution in [3.8, 4) is 44.5 Å². The zero-order chi connectivity index (χ0) is 40.0. The second-order valence-corrected chi connectivity index (χ2v) is 16.0. The highest BCUT2D eigenvalue weighted by atomic mass is 16.3. The Morgan fingerprint density at radius 2 is 0.672 bits per heavy atom. The van der Waals surface area contributed by atoms with Gasteiger partial charge in [0.2, 0.25) is 0 Å². The predicted octanol–water partition coefficient (Wildman–Crippen LogP) is 16.0. The molecule has 0 saturated heterocycles. The Hall–Kier alpha value is -8.14. The average Bonchev–Trinajstić information content (AvgIpc) is 3.72. The van der Waals surface area contributed by atoms with Crippen LogP contribution in [0, 0.1) is 0 Å². The van der Waals surface area contributed by atoms with Gasteiger partial charge in [0.15, 0.2) is 0 Å². The zero-order valence-corrected chi connectivity index (χ0v) is 32.9. The van der Waals surface area contributed by atoms with Crippen molar-refractivity contribution in [3.05, 3.63) is 207 Å². The summed E-state index contributed by atoms with van der Waals surface area (Å²) in [5.41, 5.74) is 13.2. The third kappa shape index (κ3) is 5.04. The molecule has 0 fully saturated rings. The van der Waals surface area contributed by atoms with E-state index in [-0.39, 0.29) is 0 Å². The summed E-state index contributed by atoms with van der Waals surface area (Å²) in [7, 11) is 0. The van der Waals surface area contributed by atoms with Gasteiger partial charge in [0, 0.05) is 39.5 Å². The van der Waals surface area contributed by atoms with Gasteiger partial charge in [-0.1, -0.05) is 182 Å². The van der Waals surface area contributed by atoms with Crippen molar-refractivity contribution in [2.45, 2.75) is 0 Å². The second kappa shape index (κ2) is 13.2. The molecule has 61 heavy (non-hydrogen) atoms. The van der Waals surface area contributed by atoms with Crippen LogP contribution in [0.5, 0.6) is 0 Å². The van der Waals surface area contributed by atoms with E-state index in [0.29, 0.717) is 0 Å². The normalized spacial score (nSPS) is 11.9. The molecule has 0 aliphatic carbocycles. The third-order valence-corrected chi connectivity index (χ3v) is 12.8. The van der Waals surface area contributed by atoms with E-state index in [1.165, 1.54) is 70.9 Å². The lowest BCUT2D eigenvalue weighted by Gasteiger charge is -2.18. The summed E-state index contributed by atoms with van der Waals surface area (Å²) in [4.78, 5) is 9.64. The molecule has 0 radical (unpaired) electrons. The number of fused-ring (bicyclic) bond motifs is 12. The number of benzene rings is 11. The fourth-order valence-corrected chi connectivity index (χ4v) is 10.1. The molecule has 0 aliphatic heterocycles. The van der Waals surface area contributed by atoms with E-state index >= 15 is 0 Å². The average molecular weight is 775 g/mol. The highest BCUT2D eigenvalue weighted by Crippen LogP contribution is 2.45. The molecule has 282 valence electrons. The first-order valence-electron chi connectivity index (χ1n) is 20.8.